The van der Waals surface area contributed by atoms with E-state index in [4.69, 9.17) is 9.68 Å². The molecule has 5 heteroatoms. The molecule has 1 aromatic carbocycles. The van der Waals surface area contributed by atoms with Gasteiger partial charge >= 0.3 is 0 Å². The van der Waals surface area contributed by atoms with Crippen LogP contribution in [0.2, 0.25) is 0 Å². The number of nitrogens with one attached hydrogen (secondary N) is 1. The monoisotopic (exact) mass is 269 g/mol. The Morgan fingerprint density at radius 2 is 2.10 bits per heavy atom. The Morgan fingerprint density at radius 3 is 2.75 bits per heavy atom. The average molecular weight is 269 g/mol. The third-order valence-electron chi connectivity index (χ3n) is 2.81. The summed E-state index contributed by atoms with van der Waals surface area (Å²) in [4.78, 5) is 16.5. The second-order valence-corrected chi connectivity index (χ2v) is 4.71. The fraction of sp³-hybridized carbons (Fsp3) is 0.267. The van der Waals surface area contributed by atoms with E-state index in [9.17, 15) is 4.79 Å². The molecule has 0 aliphatic carbocycles. The molecule has 0 fully saturated rings. The van der Waals surface area contributed by atoms with E-state index in [0.717, 1.165) is 0 Å². The summed E-state index contributed by atoms with van der Waals surface area (Å²) in [6, 6.07) is 8.85. The summed E-state index contributed by atoms with van der Waals surface area (Å²) in [6.07, 6.45) is 0. The van der Waals surface area contributed by atoms with Gasteiger partial charge in [-0.1, -0.05) is 26.0 Å². The van der Waals surface area contributed by atoms with E-state index in [1.807, 2.05) is 19.9 Å². The first-order valence-electron chi connectivity index (χ1n) is 6.30. The maximum absolute atomic E-state index is 12.3. The number of carbonyl (C=O) groups is 1. The largest absolute Gasteiger partial charge is 0.436 e. The van der Waals surface area contributed by atoms with Crippen molar-refractivity contribution in [2.24, 2.45) is 0 Å². The van der Waals surface area contributed by atoms with Gasteiger partial charge in [0, 0.05) is 6.92 Å². The molecule has 0 aliphatic rings. The number of aryl methyl sites for hydroxylation is 1. The number of anilines is 1. The molecule has 2 aromatic rings. The van der Waals surface area contributed by atoms with Gasteiger partial charge in [-0.05, 0) is 18.1 Å². The lowest BCUT2D eigenvalue weighted by Crippen LogP contribution is -2.14. The van der Waals surface area contributed by atoms with Crippen LogP contribution in [0.3, 0.4) is 0 Å². The van der Waals surface area contributed by atoms with Crippen LogP contribution >= 0.6 is 0 Å². The highest BCUT2D eigenvalue weighted by atomic mass is 16.4. The van der Waals surface area contributed by atoms with E-state index in [-0.39, 0.29) is 11.7 Å². The third kappa shape index (κ3) is 2.69. The average Bonchev–Trinajstić information content (AvgIpc) is 2.82. The lowest BCUT2D eigenvalue weighted by Gasteiger charge is -2.07. The minimum absolute atomic E-state index is 0.0828. The lowest BCUT2D eigenvalue weighted by molar-refractivity contribution is 0.0993. The van der Waals surface area contributed by atoms with Crippen LogP contribution in [0.1, 0.15) is 47.5 Å². The van der Waals surface area contributed by atoms with Crippen molar-refractivity contribution in [3.63, 3.8) is 0 Å². The maximum Gasteiger partial charge on any atom is 0.293 e. The molecule has 0 aliphatic heterocycles. The van der Waals surface area contributed by atoms with Gasteiger partial charge in [0.15, 0.2) is 5.89 Å². The van der Waals surface area contributed by atoms with Crippen LogP contribution in [-0.4, -0.2) is 10.9 Å². The summed E-state index contributed by atoms with van der Waals surface area (Å²) in [5, 5.41) is 11.7. The van der Waals surface area contributed by atoms with Gasteiger partial charge in [0.05, 0.1) is 16.9 Å². The van der Waals surface area contributed by atoms with Gasteiger partial charge in [0.2, 0.25) is 5.76 Å². The molecule has 1 amide bonds. The van der Waals surface area contributed by atoms with Crippen LogP contribution in [0.25, 0.3) is 0 Å². The van der Waals surface area contributed by atoms with E-state index in [1.54, 1.807) is 31.2 Å². The number of aromatic nitrogens is 1. The Bertz CT molecular complexity index is 681. The fourth-order valence-electron chi connectivity index (χ4n) is 1.87. The van der Waals surface area contributed by atoms with E-state index >= 15 is 0 Å². The Morgan fingerprint density at radius 1 is 1.40 bits per heavy atom. The summed E-state index contributed by atoms with van der Waals surface area (Å²) in [5.74, 6) is 0.342. The highest BCUT2D eigenvalue weighted by molar-refractivity contribution is 6.03. The van der Waals surface area contributed by atoms with Crippen LogP contribution in [0, 0.1) is 18.3 Å². The quantitative estimate of drug-likeness (QED) is 0.927. The van der Waals surface area contributed by atoms with Crippen LogP contribution < -0.4 is 5.32 Å². The molecule has 20 heavy (non-hydrogen) atoms. The van der Waals surface area contributed by atoms with Gasteiger partial charge in [-0.15, -0.1) is 0 Å². The number of benzene rings is 1. The summed E-state index contributed by atoms with van der Waals surface area (Å²) < 4.78 is 5.38. The lowest BCUT2D eigenvalue weighted by atomic mass is 10.1. The standard InChI is InChI=1S/C15H15N3O2/c1-9(2)13-14(20-10(3)17-13)15(19)18-12-7-5-4-6-11(12)8-16/h4-7,9H,1-3H3,(H,18,19). The highest BCUT2D eigenvalue weighted by Gasteiger charge is 2.21. The Hall–Kier alpha value is -2.61. The number of hydrogen-bond acceptors (Lipinski definition) is 4. The number of para-hydroxylation sites is 1. The van der Waals surface area contributed by atoms with E-state index in [1.165, 1.54) is 0 Å². The molecule has 0 radical (unpaired) electrons. The summed E-state index contributed by atoms with van der Waals surface area (Å²) in [7, 11) is 0. The molecule has 5 nitrogen and oxygen atoms in total. The molecular weight excluding hydrogens is 254 g/mol. The van der Waals surface area contributed by atoms with Crippen molar-refractivity contribution >= 4 is 11.6 Å². The number of nitrogens with zero attached hydrogens (tertiary/aromatic N) is 2. The maximum atomic E-state index is 12.3. The topological polar surface area (TPSA) is 78.9 Å². The Labute approximate surface area is 117 Å². The van der Waals surface area contributed by atoms with Crippen LogP contribution in [0.4, 0.5) is 5.69 Å². The van der Waals surface area contributed by atoms with Crippen molar-refractivity contribution in [2.45, 2.75) is 26.7 Å². The summed E-state index contributed by atoms with van der Waals surface area (Å²) in [6.45, 7) is 5.58. The van der Waals surface area contributed by atoms with Gasteiger partial charge < -0.3 is 9.73 Å². The van der Waals surface area contributed by atoms with E-state index in [0.29, 0.717) is 22.8 Å². The van der Waals surface area contributed by atoms with Gasteiger partial charge in [-0.25, -0.2) is 4.98 Å². The number of rotatable bonds is 3. The van der Waals surface area contributed by atoms with Crippen molar-refractivity contribution in [2.75, 3.05) is 5.32 Å². The molecule has 0 atom stereocenters. The molecule has 0 saturated carbocycles. The van der Waals surface area contributed by atoms with Crippen LogP contribution in [-0.2, 0) is 0 Å². The second kappa shape index (κ2) is 5.57. The second-order valence-electron chi connectivity index (χ2n) is 4.71. The van der Waals surface area contributed by atoms with Crippen molar-refractivity contribution in [3.8, 4) is 6.07 Å². The fourth-order valence-corrected chi connectivity index (χ4v) is 1.87. The SMILES string of the molecule is Cc1nc(C(C)C)c(C(=O)Nc2ccccc2C#N)o1. The molecule has 1 heterocycles. The first-order chi connectivity index (χ1) is 9.52. The normalized spacial score (nSPS) is 10.3. The molecule has 102 valence electrons. The smallest absolute Gasteiger partial charge is 0.293 e. The van der Waals surface area contributed by atoms with Crippen molar-refractivity contribution in [1.29, 1.82) is 5.26 Å². The Balaban J connectivity index is 2.32. The zero-order chi connectivity index (χ0) is 14.7. The van der Waals surface area contributed by atoms with Crippen LogP contribution in [0.15, 0.2) is 28.7 Å². The zero-order valence-electron chi connectivity index (χ0n) is 11.6. The molecule has 1 aromatic heterocycles. The van der Waals surface area contributed by atoms with Crippen LogP contribution in [0.5, 0.6) is 0 Å². The number of oxazole rings is 1. The molecule has 1 N–H and O–H groups in total. The third-order valence-corrected chi connectivity index (χ3v) is 2.81. The van der Waals surface area contributed by atoms with Crippen molar-refractivity contribution in [3.05, 3.63) is 47.2 Å². The van der Waals surface area contributed by atoms with E-state index in [2.05, 4.69) is 10.3 Å². The number of amides is 1. The van der Waals surface area contributed by atoms with Gasteiger partial charge in [0.25, 0.3) is 5.91 Å². The van der Waals surface area contributed by atoms with Gasteiger partial charge in [-0.3, -0.25) is 4.79 Å². The molecule has 2 rings (SSSR count). The molecule has 0 bridgehead atoms. The summed E-state index contributed by atoms with van der Waals surface area (Å²) in [5.41, 5.74) is 1.49. The summed E-state index contributed by atoms with van der Waals surface area (Å²) >= 11 is 0. The molecule has 0 saturated heterocycles. The first-order valence-corrected chi connectivity index (χ1v) is 6.30. The zero-order valence-corrected chi connectivity index (χ0v) is 11.6. The molecule has 0 spiro atoms. The van der Waals surface area contributed by atoms with E-state index < -0.39 is 5.91 Å². The Kier molecular flexibility index (Phi) is 3.85. The van der Waals surface area contributed by atoms with Crippen molar-refractivity contribution in [1.82, 2.24) is 4.98 Å². The van der Waals surface area contributed by atoms with Gasteiger partial charge in [-0.2, -0.15) is 5.26 Å². The molecule has 0 unspecified atom stereocenters. The number of hydrogen-bond donors (Lipinski definition) is 1. The predicted molar refractivity (Wildman–Crippen MR) is 74.4 cm³/mol. The number of nitriles is 1. The first kappa shape index (κ1) is 13.8. The molecular formula is C15H15N3O2. The minimum Gasteiger partial charge on any atom is -0.436 e. The number of carbonyl (C=O) groups excluding carboxylic acids is 1. The highest BCUT2D eigenvalue weighted by Crippen LogP contribution is 2.22. The predicted octanol–water partition coefficient (Wildman–Crippen LogP) is 3.23. The minimum atomic E-state index is -0.392. The van der Waals surface area contributed by atoms with Crippen molar-refractivity contribution < 1.29 is 9.21 Å². The van der Waals surface area contributed by atoms with Gasteiger partial charge in [0.1, 0.15) is 6.07 Å².